The molecule has 2 aromatic rings. The zero-order chi connectivity index (χ0) is 9.42. The monoisotopic (exact) mass is 285 g/mol. The smallest absolute Gasteiger partial charge is 0.123 e. The lowest BCUT2D eigenvalue weighted by Gasteiger charge is -2.03. The van der Waals surface area contributed by atoms with Crippen LogP contribution in [0, 0.1) is 10.5 Å². The number of pyridine rings is 2. The Labute approximate surface area is 89.5 Å². The lowest BCUT2D eigenvalue weighted by atomic mass is 10.2. The molecule has 2 heterocycles. The van der Waals surface area contributed by atoms with Gasteiger partial charge in [0.25, 0.3) is 0 Å². The van der Waals surface area contributed by atoms with Crippen LogP contribution in [0.25, 0.3) is 10.8 Å². The standard InChI is InChI=1S/C9H8IN3/c1-5-7-3-13-9(11)2-6(7)8(10)4-12-5/h2-4H,1H3,(H2,11,13). The molecule has 0 spiro atoms. The van der Waals surface area contributed by atoms with E-state index in [0.717, 1.165) is 20.0 Å². The normalized spacial score (nSPS) is 10.6. The average molecular weight is 285 g/mol. The van der Waals surface area contributed by atoms with Gasteiger partial charge in [-0.1, -0.05) is 0 Å². The molecule has 0 saturated heterocycles. The molecule has 3 nitrogen and oxygen atoms in total. The summed E-state index contributed by atoms with van der Waals surface area (Å²) >= 11 is 2.25. The zero-order valence-corrected chi connectivity index (χ0v) is 9.24. The van der Waals surface area contributed by atoms with Gasteiger partial charge >= 0.3 is 0 Å². The summed E-state index contributed by atoms with van der Waals surface area (Å²) in [5, 5.41) is 2.20. The van der Waals surface area contributed by atoms with Crippen LogP contribution < -0.4 is 5.73 Å². The molecule has 4 heteroatoms. The number of rotatable bonds is 0. The minimum absolute atomic E-state index is 0.552. The van der Waals surface area contributed by atoms with E-state index in [0.29, 0.717) is 5.82 Å². The highest BCUT2D eigenvalue weighted by atomic mass is 127. The second-order valence-corrected chi connectivity index (χ2v) is 4.01. The molecule has 2 rings (SSSR count). The van der Waals surface area contributed by atoms with E-state index in [4.69, 9.17) is 5.73 Å². The van der Waals surface area contributed by atoms with E-state index in [1.165, 1.54) is 0 Å². The van der Waals surface area contributed by atoms with Gasteiger partial charge in [0, 0.05) is 32.4 Å². The predicted molar refractivity (Wildman–Crippen MR) is 61.4 cm³/mol. The Morgan fingerprint density at radius 1 is 1.23 bits per heavy atom. The minimum Gasteiger partial charge on any atom is -0.384 e. The predicted octanol–water partition coefficient (Wildman–Crippen LogP) is 2.13. The fraction of sp³-hybridized carbons (Fsp3) is 0.111. The van der Waals surface area contributed by atoms with E-state index in [1.54, 1.807) is 6.20 Å². The number of hydrogen-bond donors (Lipinski definition) is 1. The van der Waals surface area contributed by atoms with Crippen molar-refractivity contribution >= 4 is 39.2 Å². The van der Waals surface area contributed by atoms with Gasteiger partial charge in [0.1, 0.15) is 5.82 Å². The Morgan fingerprint density at radius 3 is 2.77 bits per heavy atom. The first-order chi connectivity index (χ1) is 6.18. The molecule has 0 saturated carbocycles. The molecule has 0 aliphatic rings. The highest BCUT2D eigenvalue weighted by Gasteiger charge is 2.02. The maximum atomic E-state index is 5.61. The molecule has 0 aliphatic heterocycles. The van der Waals surface area contributed by atoms with Gasteiger partial charge in [-0.2, -0.15) is 0 Å². The van der Waals surface area contributed by atoms with Crippen molar-refractivity contribution in [2.45, 2.75) is 6.92 Å². The number of nitrogens with two attached hydrogens (primary N) is 1. The molecule has 0 aliphatic carbocycles. The Morgan fingerprint density at radius 2 is 2.00 bits per heavy atom. The molecule has 0 atom stereocenters. The van der Waals surface area contributed by atoms with Gasteiger partial charge in [-0.05, 0) is 35.6 Å². The quantitative estimate of drug-likeness (QED) is 0.754. The van der Waals surface area contributed by atoms with Crippen LogP contribution in [-0.2, 0) is 0 Å². The van der Waals surface area contributed by atoms with Crippen molar-refractivity contribution in [1.82, 2.24) is 9.97 Å². The van der Waals surface area contributed by atoms with Crippen molar-refractivity contribution in [2.24, 2.45) is 0 Å². The van der Waals surface area contributed by atoms with Gasteiger partial charge in [0.15, 0.2) is 0 Å². The third kappa shape index (κ3) is 1.46. The second kappa shape index (κ2) is 3.10. The minimum atomic E-state index is 0.552. The van der Waals surface area contributed by atoms with Crippen molar-refractivity contribution in [3.8, 4) is 0 Å². The Balaban J connectivity index is 2.92. The average Bonchev–Trinajstić information content (AvgIpc) is 2.12. The SMILES string of the molecule is Cc1ncc(I)c2cc(N)ncc12. The van der Waals surface area contributed by atoms with Crippen molar-refractivity contribution in [3.63, 3.8) is 0 Å². The van der Waals surface area contributed by atoms with Gasteiger partial charge in [-0.25, -0.2) is 4.98 Å². The maximum absolute atomic E-state index is 5.61. The van der Waals surface area contributed by atoms with Crippen molar-refractivity contribution in [1.29, 1.82) is 0 Å². The first kappa shape index (κ1) is 8.68. The molecule has 13 heavy (non-hydrogen) atoms. The summed E-state index contributed by atoms with van der Waals surface area (Å²) in [7, 11) is 0. The lowest BCUT2D eigenvalue weighted by molar-refractivity contribution is 1.21. The number of nitrogens with zero attached hydrogens (tertiary/aromatic N) is 2. The number of anilines is 1. The van der Waals surface area contributed by atoms with Gasteiger partial charge in [-0.15, -0.1) is 0 Å². The van der Waals surface area contributed by atoms with Crippen LogP contribution in [0.5, 0.6) is 0 Å². The van der Waals surface area contributed by atoms with E-state index in [1.807, 2.05) is 19.2 Å². The summed E-state index contributed by atoms with van der Waals surface area (Å²) in [5.74, 6) is 0.552. The molecule has 0 amide bonds. The second-order valence-electron chi connectivity index (χ2n) is 2.85. The number of nitrogen functional groups attached to an aromatic ring is 1. The number of aryl methyl sites for hydroxylation is 1. The lowest BCUT2D eigenvalue weighted by Crippen LogP contribution is -1.93. The summed E-state index contributed by atoms with van der Waals surface area (Å²) in [4.78, 5) is 8.29. The Kier molecular flexibility index (Phi) is 2.07. The number of halogens is 1. The molecular formula is C9H8IN3. The van der Waals surface area contributed by atoms with Gasteiger partial charge in [-0.3, -0.25) is 4.98 Å². The van der Waals surface area contributed by atoms with E-state index in [2.05, 4.69) is 32.6 Å². The largest absolute Gasteiger partial charge is 0.384 e. The van der Waals surface area contributed by atoms with Crippen LogP contribution >= 0.6 is 22.6 Å². The van der Waals surface area contributed by atoms with Gasteiger partial charge < -0.3 is 5.73 Å². The van der Waals surface area contributed by atoms with Crippen molar-refractivity contribution in [2.75, 3.05) is 5.73 Å². The molecule has 0 fully saturated rings. The van der Waals surface area contributed by atoms with Crippen molar-refractivity contribution < 1.29 is 0 Å². The van der Waals surface area contributed by atoms with Crippen LogP contribution in [0.4, 0.5) is 5.82 Å². The zero-order valence-electron chi connectivity index (χ0n) is 7.08. The van der Waals surface area contributed by atoms with Crippen LogP contribution in [-0.4, -0.2) is 9.97 Å². The fourth-order valence-corrected chi connectivity index (χ4v) is 1.84. The molecule has 2 N–H and O–H groups in total. The van der Waals surface area contributed by atoms with Crippen molar-refractivity contribution in [3.05, 3.63) is 27.7 Å². The molecule has 66 valence electrons. The Bertz CT molecular complexity index is 468. The first-order valence-electron chi connectivity index (χ1n) is 3.85. The maximum Gasteiger partial charge on any atom is 0.123 e. The summed E-state index contributed by atoms with van der Waals surface area (Å²) in [6.07, 6.45) is 3.62. The van der Waals surface area contributed by atoms with E-state index >= 15 is 0 Å². The van der Waals surface area contributed by atoms with Gasteiger partial charge in [0.05, 0.1) is 0 Å². The highest BCUT2D eigenvalue weighted by molar-refractivity contribution is 14.1. The first-order valence-corrected chi connectivity index (χ1v) is 4.92. The number of aromatic nitrogens is 2. The molecule has 0 unspecified atom stereocenters. The van der Waals surface area contributed by atoms with Crippen LogP contribution in [0.3, 0.4) is 0 Å². The topological polar surface area (TPSA) is 51.8 Å². The number of hydrogen-bond acceptors (Lipinski definition) is 3. The van der Waals surface area contributed by atoms with Crippen LogP contribution in [0.2, 0.25) is 0 Å². The van der Waals surface area contributed by atoms with E-state index in [9.17, 15) is 0 Å². The number of fused-ring (bicyclic) bond motifs is 1. The third-order valence-corrected chi connectivity index (χ3v) is 2.80. The van der Waals surface area contributed by atoms with E-state index < -0.39 is 0 Å². The molecule has 2 aromatic heterocycles. The third-order valence-electron chi connectivity index (χ3n) is 1.94. The summed E-state index contributed by atoms with van der Waals surface area (Å²) in [5.41, 5.74) is 6.60. The van der Waals surface area contributed by atoms with Gasteiger partial charge in [0.2, 0.25) is 0 Å². The van der Waals surface area contributed by atoms with Crippen LogP contribution in [0.15, 0.2) is 18.5 Å². The molecular weight excluding hydrogens is 277 g/mol. The van der Waals surface area contributed by atoms with Crippen LogP contribution in [0.1, 0.15) is 5.69 Å². The summed E-state index contributed by atoms with van der Waals surface area (Å²) in [6, 6.07) is 1.88. The fourth-order valence-electron chi connectivity index (χ4n) is 1.25. The summed E-state index contributed by atoms with van der Waals surface area (Å²) in [6.45, 7) is 1.97. The highest BCUT2D eigenvalue weighted by Crippen LogP contribution is 2.22. The van der Waals surface area contributed by atoms with E-state index in [-0.39, 0.29) is 0 Å². The molecule has 0 bridgehead atoms. The Hall–Kier alpha value is -0.910. The summed E-state index contributed by atoms with van der Waals surface area (Å²) < 4.78 is 1.10. The molecule has 0 radical (unpaired) electrons. The molecule has 0 aromatic carbocycles.